The second-order valence-electron chi connectivity index (χ2n) is 6.40. The molecule has 1 aliphatic heterocycles. The molecule has 5 nitrogen and oxygen atoms in total. The average molecular weight is 347 g/mol. The van der Waals surface area contributed by atoms with Gasteiger partial charge in [0.1, 0.15) is 12.4 Å². The smallest absolute Gasteiger partial charge is 0.156 e. The summed E-state index contributed by atoms with van der Waals surface area (Å²) >= 11 is 1.84. The van der Waals surface area contributed by atoms with Gasteiger partial charge in [-0.3, -0.25) is 0 Å². The van der Waals surface area contributed by atoms with E-state index in [1.54, 1.807) is 0 Å². The maximum absolute atomic E-state index is 5.47. The first-order chi connectivity index (χ1) is 11.6. The summed E-state index contributed by atoms with van der Waals surface area (Å²) in [4.78, 5) is 17.7. The SMILES string of the molecule is CCOCc1nc(C)cc(N2CCCC(c3nc(C)c(C)s3)C2)n1. The Morgan fingerprint density at radius 2 is 2.08 bits per heavy atom. The van der Waals surface area contributed by atoms with Crippen molar-refractivity contribution in [3.63, 3.8) is 0 Å². The van der Waals surface area contributed by atoms with Crippen molar-refractivity contribution in [2.45, 2.75) is 53.1 Å². The summed E-state index contributed by atoms with van der Waals surface area (Å²) in [6.07, 6.45) is 2.38. The maximum atomic E-state index is 5.47. The van der Waals surface area contributed by atoms with E-state index in [0.29, 0.717) is 19.1 Å². The fourth-order valence-corrected chi connectivity index (χ4v) is 4.14. The summed E-state index contributed by atoms with van der Waals surface area (Å²) in [5, 5.41) is 1.27. The van der Waals surface area contributed by atoms with Crippen molar-refractivity contribution in [1.29, 1.82) is 0 Å². The molecule has 0 radical (unpaired) electrons. The normalized spacial score (nSPS) is 18.2. The summed E-state index contributed by atoms with van der Waals surface area (Å²) in [7, 11) is 0. The van der Waals surface area contributed by atoms with Crippen LogP contribution in [0.25, 0.3) is 0 Å². The molecule has 1 saturated heterocycles. The molecule has 3 heterocycles. The summed E-state index contributed by atoms with van der Waals surface area (Å²) in [6.45, 7) is 11.5. The minimum Gasteiger partial charge on any atom is -0.374 e. The summed E-state index contributed by atoms with van der Waals surface area (Å²) < 4.78 is 5.47. The van der Waals surface area contributed by atoms with E-state index in [-0.39, 0.29) is 0 Å². The standard InChI is InChI=1S/C18H26N4OS/c1-5-23-11-16-19-12(2)9-17(21-16)22-8-6-7-15(10-22)18-20-13(3)14(4)24-18/h9,15H,5-8,10-11H2,1-4H3. The van der Waals surface area contributed by atoms with Crippen molar-refractivity contribution >= 4 is 17.2 Å². The molecule has 3 rings (SSSR count). The number of rotatable bonds is 5. The molecule has 6 heteroatoms. The molecule has 24 heavy (non-hydrogen) atoms. The van der Waals surface area contributed by atoms with Gasteiger partial charge in [-0.1, -0.05) is 0 Å². The van der Waals surface area contributed by atoms with Gasteiger partial charge in [-0.05, 0) is 40.5 Å². The zero-order valence-electron chi connectivity index (χ0n) is 15.0. The first kappa shape index (κ1) is 17.3. The van der Waals surface area contributed by atoms with E-state index < -0.39 is 0 Å². The largest absolute Gasteiger partial charge is 0.374 e. The number of piperidine rings is 1. The van der Waals surface area contributed by atoms with Crippen molar-refractivity contribution in [3.05, 3.63) is 33.2 Å². The highest BCUT2D eigenvalue weighted by molar-refractivity contribution is 7.11. The zero-order chi connectivity index (χ0) is 17.1. The van der Waals surface area contributed by atoms with Crippen molar-refractivity contribution in [1.82, 2.24) is 15.0 Å². The van der Waals surface area contributed by atoms with Crippen LogP contribution in [0.5, 0.6) is 0 Å². The van der Waals surface area contributed by atoms with Gasteiger partial charge in [-0.2, -0.15) is 0 Å². The third kappa shape index (κ3) is 3.92. The Labute approximate surface area is 148 Å². The van der Waals surface area contributed by atoms with E-state index in [1.165, 1.54) is 28.4 Å². The molecule has 0 amide bonds. The lowest BCUT2D eigenvalue weighted by molar-refractivity contribution is 0.128. The lowest BCUT2D eigenvalue weighted by atomic mass is 9.98. The minimum atomic E-state index is 0.479. The predicted molar refractivity (Wildman–Crippen MR) is 97.9 cm³/mol. The maximum Gasteiger partial charge on any atom is 0.156 e. The summed E-state index contributed by atoms with van der Waals surface area (Å²) in [5.41, 5.74) is 2.17. The van der Waals surface area contributed by atoms with Crippen LogP contribution in [0.15, 0.2) is 6.07 Å². The summed E-state index contributed by atoms with van der Waals surface area (Å²) in [6, 6.07) is 2.08. The van der Waals surface area contributed by atoms with E-state index in [2.05, 4.69) is 29.8 Å². The van der Waals surface area contributed by atoms with Gasteiger partial charge in [-0.15, -0.1) is 11.3 Å². The third-order valence-electron chi connectivity index (χ3n) is 4.46. The molecule has 0 N–H and O–H groups in total. The van der Waals surface area contributed by atoms with Gasteiger partial charge >= 0.3 is 0 Å². The van der Waals surface area contributed by atoms with Crippen LogP contribution in [0, 0.1) is 20.8 Å². The molecule has 1 atom stereocenters. The fraction of sp³-hybridized carbons (Fsp3) is 0.611. The second kappa shape index (κ2) is 7.57. The number of nitrogens with zero attached hydrogens (tertiary/aromatic N) is 4. The van der Waals surface area contributed by atoms with E-state index in [1.807, 2.05) is 25.2 Å². The van der Waals surface area contributed by atoms with Crippen LogP contribution in [-0.4, -0.2) is 34.6 Å². The van der Waals surface area contributed by atoms with Crippen LogP contribution in [0.4, 0.5) is 5.82 Å². The van der Waals surface area contributed by atoms with Crippen LogP contribution < -0.4 is 4.90 Å². The summed E-state index contributed by atoms with van der Waals surface area (Å²) in [5.74, 6) is 2.29. The van der Waals surface area contributed by atoms with Gasteiger partial charge in [0.2, 0.25) is 0 Å². The third-order valence-corrected chi connectivity index (χ3v) is 5.70. The van der Waals surface area contributed by atoms with Crippen molar-refractivity contribution < 1.29 is 4.74 Å². The first-order valence-corrected chi connectivity index (χ1v) is 9.49. The molecule has 1 fully saturated rings. The minimum absolute atomic E-state index is 0.479. The Kier molecular flexibility index (Phi) is 5.46. The number of hydrogen-bond acceptors (Lipinski definition) is 6. The number of ether oxygens (including phenoxy) is 1. The monoisotopic (exact) mass is 346 g/mol. The van der Waals surface area contributed by atoms with Crippen LogP contribution in [0.1, 0.15) is 52.8 Å². The van der Waals surface area contributed by atoms with Gasteiger partial charge in [0.15, 0.2) is 5.82 Å². The topological polar surface area (TPSA) is 51.1 Å². The van der Waals surface area contributed by atoms with E-state index in [4.69, 9.17) is 14.7 Å². The molecule has 0 aromatic carbocycles. The van der Waals surface area contributed by atoms with Gasteiger partial charge in [0.05, 0.1) is 10.7 Å². The number of aryl methyl sites for hydroxylation is 3. The molecule has 130 valence electrons. The molecule has 2 aromatic heterocycles. The Hall–Kier alpha value is -1.53. The molecular formula is C18H26N4OS. The molecule has 2 aromatic rings. The first-order valence-electron chi connectivity index (χ1n) is 8.68. The molecular weight excluding hydrogens is 320 g/mol. The van der Waals surface area contributed by atoms with Crippen molar-refractivity contribution in [2.75, 3.05) is 24.6 Å². The second-order valence-corrected chi connectivity index (χ2v) is 7.63. The average Bonchev–Trinajstić information content (AvgIpc) is 2.92. The lowest BCUT2D eigenvalue weighted by Gasteiger charge is -2.33. The van der Waals surface area contributed by atoms with Crippen LogP contribution in [0.3, 0.4) is 0 Å². The molecule has 0 saturated carbocycles. The van der Waals surface area contributed by atoms with Crippen LogP contribution >= 0.6 is 11.3 Å². The highest BCUT2D eigenvalue weighted by Gasteiger charge is 2.25. The van der Waals surface area contributed by atoms with Crippen molar-refractivity contribution in [3.8, 4) is 0 Å². The Morgan fingerprint density at radius 1 is 1.25 bits per heavy atom. The van der Waals surface area contributed by atoms with Gasteiger partial charge in [0.25, 0.3) is 0 Å². The highest BCUT2D eigenvalue weighted by atomic mass is 32.1. The molecule has 1 unspecified atom stereocenters. The number of aromatic nitrogens is 3. The Bertz CT molecular complexity index is 681. The Morgan fingerprint density at radius 3 is 2.79 bits per heavy atom. The lowest BCUT2D eigenvalue weighted by Crippen LogP contribution is -2.35. The molecule has 0 aliphatic carbocycles. The fourth-order valence-electron chi connectivity index (χ4n) is 3.09. The number of hydrogen-bond donors (Lipinski definition) is 0. The number of thiazole rings is 1. The van der Waals surface area contributed by atoms with E-state index >= 15 is 0 Å². The zero-order valence-corrected chi connectivity index (χ0v) is 15.8. The van der Waals surface area contributed by atoms with Gasteiger partial charge in [0, 0.05) is 42.3 Å². The van der Waals surface area contributed by atoms with Crippen LogP contribution in [-0.2, 0) is 11.3 Å². The van der Waals surface area contributed by atoms with Crippen molar-refractivity contribution in [2.24, 2.45) is 0 Å². The van der Waals surface area contributed by atoms with E-state index in [0.717, 1.165) is 30.4 Å². The van der Waals surface area contributed by atoms with Crippen LogP contribution in [0.2, 0.25) is 0 Å². The molecule has 0 bridgehead atoms. The van der Waals surface area contributed by atoms with Gasteiger partial charge in [-0.25, -0.2) is 15.0 Å². The Balaban J connectivity index is 1.78. The molecule has 1 aliphatic rings. The quantitative estimate of drug-likeness (QED) is 0.825. The van der Waals surface area contributed by atoms with E-state index in [9.17, 15) is 0 Å². The molecule has 0 spiro atoms. The highest BCUT2D eigenvalue weighted by Crippen LogP contribution is 2.32. The number of anilines is 1. The van der Waals surface area contributed by atoms with Gasteiger partial charge < -0.3 is 9.64 Å². The predicted octanol–water partition coefficient (Wildman–Crippen LogP) is 3.78.